The Bertz CT molecular complexity index is 224. The third-order valence-corrected chi connectivity index (χ3v) is 3.87. The molecule has 1 heterocycles. The summed E-state index contributed by atoms with van der Waals surface area (Å²) in [5.41, 5.74) is 0.442. The van der Waals surface area contributed by atoms with Crippen molar-refractivity contribution in [1.82, 2.24) is 5.32 Å². The zero-order valence-electron chi connectivity index (χ0n) is 9.72. The number of rotatable bonds is 0. The Morgan fingerprint density at radius 3 is 2.79 bits per heavy atom. The van der Waals surface area contributed by atoms with Crippen molar-refractivity contribution in [3.8, 4) is 0 Å². The second-order valence-electron chi connectivity index (χ2n) is 5.92. The van der Waals surface area contributed by atoms with Crippen molar-refractivity contribution in [2.24, 2.45) is 17.3 Å². The SMILES string of the molecule is CC(C)(C)C1CC=CC2CCCNC21. The van der Waals surface area contributed by atoms with Crippen molar-refractivity contribution in [2.45, 2.75) is 46.1 Å². The van der Waals surface area contributed by atoms with Gasteiger partial charge in [0.1, 0.15) is 0 Å². The molecule has 0 aromatic heterocycles. The lowest BCUT2D eigenvalue weighted by atomic mass is 9.66. The minimum atomic E-state index is 0.442. The summed E-state index contributed by atoms with van der Waals surface area (Å²) >= 11 is 0. The zero-order valence-corrected chi connectivity index (χ0v) is 9.72. The van der Waals surface area contributed by atoms with E-state index in [1.165, 1.54) is 25.8 Å². The molecular weight excluding hydrogens is 170 g/mol. The summed E-state index contributed by atoms with van der Waals surface area (Å²) in [5, 5.41) is 3.73. The summed E-state index contributed by atoms with van der Waals surface area (Å²) in [7, 11) is 0. The molecule has 80 valence electrons. The van der Waals surface area contributed by atoms with E-state index in [4.69, 9.17) is 0 Å². The van der Waals surface area contributed by atoms with Crippen LogP contribution in [0.3, 0.4) is 0 Å². The maximum Gasteiger partial charge on any atom is 0.0166 e. The van der Waals surface area contributed by atoms with Crippen molar-refractivity contribution in [3.63, 3.8) is 0 Å². The van der Waals surface area contributed by atoms with E-state index in [0.717, 1.165) is 17.9 Å². The number of allylic oxidation sites excluding steroid dienone is 1. The van der Waals surface area contributed by atoms with Crippen LogP contribution in [0.1, 0.15) is 40.0 Å². The van der Waals surface area contributed by atoms with Gasteiger partial charge in [0.15, 0.2) is 0 Å². The van der Waals surface area contributed by atoms with Crippen LogP contribution in [-0.4, -0.2) is 12.6 Å². The van der Waals surface area contributed by atoms with Crippen LogP contribution in [0.4, 0.5) is 0 Å². The molecule has 3 atom stereocenters. The molecule has 14 heavy (non-hydrogen) atoms. The Balaban J connectivity index is 2.15. The number of nitrogens with one attached hydrogen (secondary N) is 1. The Labute approximate surface area is 88.0 Å². The monoisotopic (exact) mass is 193 g/mol. The molecule has 1 heteroatoms. The normalized spacial score (nSPS) is 38.1. The molecule has 0 saturated carbocycles. The molecule has 1 saturated heterocycles. The van der Waals surface area contributed by atoms with Crippen molar-refractivity contribution in [1.29, 1.82) is 0 Å². The first-order valence-corrected chi connectivity index (χ1v) is 5.99. The molecule has 2 rings (SSSR count). The molecule has 0 aromatic rings. The molecule has 1 aliphatic carbocycles. The van der Waals surface area contributed by atoms with E-state index < -0.39 is 0 Å². The van der Waals surface area contributed by atoms with Gasteiger partial charge in [0, 0.05) is 6.04 Å². The number of fused-ring (bicyclic) bond motifs is 1. The Hall–Kier alpha value is -0.300. The molecular formula is C13H23N. The molecule has 0 spiro atoms. The third-order valence-electron chi connectivity index (χ3n) is 3.87. The van der Waals surface area contributed by atoms with E-state index in [0.29, 0.717) is 5.41 Å². The quantitative estimate of drug-likeness (QED) is 0.583. The van der Waals surface area contributed by atoms with Crippen LogP contribution in [-0.2, 0) is 0 Å². The molecule has 1 N–H and O–H groups in total. The van der Waals surface area contributed by atoms with Gasteiger partial charge in [-0.15, -0.1) is 0 Å². The fraction of sp³-hybridized carbons (Fsp3) is 0.846. The van der Waals surface area contributed by atoms with Gasteiger partial charge < -0.3 is 5.32 Å². The fourth-order valence-corrected chi connectivity index (χ4v) is 3.03. The van der Waals surface area contributed by atoms with Crippen molar-refractivity contribution in [2.75, 3.05) is 6.54 Å². The highest BCUT2D eigenvalue weighted by atomic mass is 14.9. The molecule has 0 aromatic carbocycles. The van der Waals surface area contributed by atoms with E-state index in [1.807, 2.05) is 0 Å². The number of hydrogen-bond acceptors (Lipinski definition) is 1. The summed E-state index contributed by atoms with van der Waals surface area (Å²) < 4.78 is 0. The van der Waals surface area contributed by atoms with Gasteiger partial charge in [0.2, 0.25) is 0 Å². The van der Waals surface area contributed by atoms with Gasteiger partial charge in [-0.05, 0) is 43.1 Å². The number of hydrogen-bond donors (Lipinski definition) is 1. The van der Waals surface area contributed by atoms with Crippen LogP contribution in [0.15, 0.2) is 12.2 Å². The van der Waals surface area contributed by atoms with Gasteiger partial charge in [-0.25, -0.2) is 0 Å². The van der Waals surface area contributed by atoms with Gasteiger partial charge in [-0.1, -0.05) is 32.9 Å². The van der Waals surface area contributed by atoms with E-state index in [9.17, 15) is 0 Å². The minimum Gasteiger partial charge on any atom is -0.313 e. The molecule has 1 nitrogen and oxygen atoms in total. The maximum atomic E-state index is 3.73. The van der Waals surface area contributed by atoms with Crippen molar-refractivity contribution < 1.29 is 0 Å². The van der Waals surface area contributed by atoms with Crippen LogP contribution < -0.4 is 5.32 Å². The smallest absolute Gasteiger partial charge is 0.0166 e. The Morgan fingerprint density at radius 2 is 2.07 bits per heavy atom. The molecule has 0 radical (unpaired) electrons. The van der Waals surface area contributed by atoms with Crippen LogP contribution >= 0.6 is 0 Å². The zero-order chi connectivity index (χ0) is 10.2. The first-order valence-electron chi connectivity index (χ1n) is 5.99. The summed E-state index contributed by atoms with van der Waals surface area (Å²) in [6.07, 6.45) is 8.85. The highest BCUT2D eigenvalue weighted by Gasteiger charge is 2.38. The van der Waals surface area contributed by atoms with Gasteiger partial charge in [0.05, 0.1) is 0 Å². The maximum absolute atomic E-state index is 3.73. The van der Waals surface area contributed by atoms with E-state index in [1.54, 1.807) is 0 Å². The highest BCUT2D eigenvalue weighted by Crippen LogP contribution is 2.39. The average molecular weight is 193 g/mol. The molecule has 2 aliphatic rings. The Kier molecular flexibility index (Phi) is 2.70. The van der Waals surface area contributed by atoms with Gasteiger partial charge in [-0.2, -0.15) is 0 Å². The topological polar surface area (TPSA) is 12.0 Å². The summed E-state index contributed by atoms with van der Waals surface area (Å²) in [5.74, 6) is 1.62. The minimum absolute atomic E-state index is 0.442. The second kappa shape index (κ2) is 3.69. The molecule has 1 fully saturated rings. The molecule has 0 bridgehead atoms. The fourth-order valence-electron chi connectivity index (χ4n) is 3.03. The van der Waals surface area contributed by atoms with Crippen LogP contribution in [0.2, 0.25) is 0 Å². The lowest BCUT2D eigenvalue weighted by molar-refractivity contribution is 0.125. The lowest BCUT2D eigenvalue weighted by Crippen LogP contribution is -2.50. The van der Waals surface area contributed by atoms with Gasteiger partial charge >= 0.3 is 0 Å². The second-order valence-corrected chi connectivity index (χ2v) is 5.92. The van der Waals surface area contributed by atoms with Gasteiger partial charge in [-0.3, -0.25) is 0 Å². The van der Waals surface area contributed by atoms with Gasteiger partial charge in [0.25, 0.3) is 0 Å². The average Bonchev–Trinajstić information content (AvgIpc) is 2.15. The van der Waals surface area contributed by atoms with Crippen molar-refractivity contribution in [3.05, 3.63) is 12.2 Å². The lowest BCUT2D eigenvalue weighted by Gasteiger charge is -2.45. The Morgan fingerprint density at radius 1 is 1.29 bits per heavy atom. The van der Waals surface area contributed by atoms with Crippen LogP contribution in [0.25, 0.3) is 0 Å². The summed E-state index contributed by atoms with van der Waals surface area (Å²) in [4.78, 5) is 0. The summed E-state index contributed by atoms with van der Waals surface area (Å²) in [6.45, 7) is 8.36. The van der Waals surface area contributed by atoms with E-state index in [-0.39, 0.29) is 0 Å². The van der Waals surface area contributed by atoms with Crippen molar-refractivity contribution >= 4 is 0 Å². The largest absolute Gasteiger partial charge is 0.313 e. The first-order chi connectivity index (χ1) is 6.59. The van der Waals surface area contributed by atoms with Crippen LogP contribution in [0.5, 0.6) is 0 Å². The van der Waals surface area contributed by atoms with Crippen LogP contribution in [0, 0.1) is 17.3 Å². The first kappa shape index (κ1) is 10.2. The number of piperidine rings is 1. The molecule has 0 amide bonds. The molecule has 3 unspecified atom stereocenters. The van der Waals surface area contributed by atoms with E-state index >= 15 is 0 Å². The molecule has 1 aliphatic heterocycles. The highest BCUT2D eigenvalue weighted by molar-refractivity contribution is 5.07. The predicted molar refractivity (Wildman–Crippen MR) is 61.2 cm³/mol. The third kappa shape index (κ3) is 1.88. The standard InChI is InChI=1S/C13H23N/c1-13(2,3)11-8-4-6-10-7-5-9-14-12(10)11/h4,6,10-12,14H,5,7-9H2,1-3H3. The van der Waals surface area contributed by atoms with E-state index in [2.05, 4.69) is 38.2 Å². The summed E-state index contributed by atoms with van der Waals surface area (Å²) in [6, 6.07) is 0.744. The predicted octanol–water partition coefficient (Wildman–Crippen LogP) is 2.98.